The van der Waals surface area contributed by atoms with Crippen molar-refractivity contribution in [1.29, 1.82) is 0 Å². The Morgan fingerprint density at radius 2 is 2.00 bits per heavy atom. The smallest absolute Gasteiger partial charge is 0.300 e. The zero-order chi connectivity index (χ0) is 13.0. The van der Waals surface area contributed by atoms with Crippen LogP contribution in [0.1, 0.15) is 12.7 Å². The Hall–Kier alpha value is -2.17. The molecule has 1 heterocycles. The van der Waals surface area contributed by atoms with Crippen LogP contribution in [-0.2, 0) is 4.79 Å². The van der Waals surface area contributed by atoms with Gasteiger partial charge in [-0.25, -0.2) is 0 Å². The highest BCUT2D eigenvalue weighted by Crippen LogP contribution is 2.35. The summed E-state index contributed by atoms with van der Waals surface area (Å²) in [6.45, 7) is 2.92. The first-order valence-corrected chi connectivity index (χ1v) is 4.91. The number of hydrogen-bond donors (Lipinski definition) is 2. The van der Waals surface area contributed by atoms with Crippen LogP contribution in [-0.4, -0.2) is 23.3 Å². The van der Waals surface area contributed by atoms with Gasteiger partial charge in [-0.15, -0.1) is 0 Å². The lowest BCUT2D eigenvalue weighted by atomic mass is 10.2. The Kier molecular flexibility index (Phi) is 3.98. The van der Waals surface area contributed by atoms with Crippen molar-refractivity contribution in [3.8, 4) is 11.5 Å². The number of rotatable bonds is 1. The van der Waals surface area contributed by atoms with E-state index in [0.29, 0.717) is 11.3 Å². The molecular weight excluding hydrogens is 224 g/mol. The number of carboxylic acid groups (broad SMARTS) is 1. The maximum atomic E-state index is 9.64. The van der Waals surface area contributed by atoms with Crippen LogP contribution in [0, 0.1) is 6.92 Å². The number of phenols is 1. The average Bonchev–Trinajstić information content (AvgIpc) is 2.59. The number of fused-ring (bicyclic) bond motifs is 1. The van der Waals surface area contributed by atoms with E-state index in [-0.39, 0.29) is 5.75 Å². The van der Waals surface area contributed by atoms with Crippen molar-refractivity contribution in [2.45, 2.75) is 13.8 Å². The van der Waals surface area contributed by atoms with Crippen LogP contribution in [0.2, 0.25) is 0 Å². The second kappa shape index (κ2) is 5.25. The molecule has 0 fully saturated rings. The van der Waals surface area contributed by atoms with Gasteiger partial charge in [0.15, 0.2) is 11.3 Å². The van der Waals surface area contributed by atoms with Gasteiger partial charge in [-0.3, -0.25) is 4.79 Å². The third-order valence-corrected chi connectivity index (χ3v) is 1.97. The minimum absolute atomic E-state index is 0.0631. The van der Waals surface area contributed by atoms with E-state index in [2.05, 4.69) is 0 Å². The van der Waals surface area contributed by atoms with E-state index in [1.807, 2.05) is 19.1 Å². The van der Waals surface area contributed by atoms with Gasteiger partial charge in [0.1, 0.15) is 5.76 Å². The van der Waals surface area contributed by atoms with E-state index >= 15 is 0 Å². The lowest BCUT2D eigenvalue weighted by Gasteiger charge is -2.01. The summed E-state index contributed by atoms with van der Waals surface area (Å²) in [5, 5.41) is 17.9. The number of benzene rings is 1. The molecule has 0 amide bonds. The summed E-state index contributed by atoms with van der Waals surface area (Å²) in [5.74, 6) is 0.438. The fraction of sp³-hybridized carbons (Fsp3) is 0.250. The predicted molar refractivity (Wildman–Crippen MR) is 62.5 cm³/mol. The van der Waals surface area contributed by atoms with E-state index in [9.17, 15) is 5.11 Å². The van der Waals surface area contributed by atoms with Crippen molar-refractivity contribution in [3.05, 3.63) is 24.0 Å². The standard InChI is InChI=1S/C10H10O3.C2H4O2/c1-6-5-7-3-4-8(12-2)9(11)10(7)13-6;1-2(3)4/h3-5,11H,1-2H3;1H3,(H,3,4). The van der Waals surface area contributed by atoms with Crippen LogP contribution in [0.5, 0.6) is 11.5 Å². The molecule has 0 unspecified atom stereocenters. The molecule has 0 radical (unpaired) electrons. The minimum atomic E-state index is -0.833. The topological polar surface area (TPSA) is 79.9 Å². The third kappa shape index (κ3) is 3.14. The number of hydrogen-bond acceptors (Lipinski definition) is 4. The lowest BCUT2D eigenvalue weighted by Crippen LogP contribution is -1.82. The first kappa shape index (κ1) is 12.9. The summed E-state index contributed by atoms with van der Waals surface area (Å²) >= 11 is 0. The van der Waals surface area contributed by atoms with Gasteiger partial charge in [-0.05, 0) is 25.1 Å². The average molecular weight is 238 g/mol. The molecular formula is C12H14O5. The predicted octanol–water partition coefficient (Wildman–Crippen LogP) is 2.55. The lowest BCUT2D eigenvalue weighted by molar-refractivity contribution is -0.134. The molecule has 0 saturated heterocycles. The normalized spacial score (nSPS) is 9.59. The summed E-state index contributed by atoms with van der Waals surface area (Å²) < 4.78 is 10.3. The third-order valence-electron chi connectivity index (χ3n) is 1.97. The Labute approximate surface area is 98.2 Å². The number of aromatic hydroxyl groups is 1. The van der Waals surface area contributed by atoms with E-state index in [1.54, 1.807) is 6.07 Å². The van der Waals surface area contributed by atoms with Gasteiger partial charge in [0, 0.05) is 12.3 Å². The molecule has 0 saturated carbocycles. The number of aliphatic carboxylic acids is 1. The first-order valence-electron chi connectivity index (χ1n) is 4.91. The van der Waals surface area contributed by atoms with Crippen molar-refractivity contribution in [2.24, 2.45) is 0 Å². The van der Waals surface area contributed by atoms with Crippen LogP contribution >= 0.6 is 0 Å². The molecule has 2 rings (SSSR count). The first-order chi connectivity index (χ1) is 7.95. The van der Waals surface area contributed by atoms with Crippen molar-refractivity contribution in [1.82, 2.24) is 0 Å². The highest BCUT2D eigenvalue weighted by atomic mass is 16.5. The fourth-order valence-corrected chi connectivity index (χ4v) is 1.36. The Morgan fingerprint density at radius 1 is 1.41 bits per heavy atom. The molecule has 1 aromatic carbocycles. The molecule has 0 bridgehead atoms. The monoisotopic (exact) mass is 238 g/mol. The van der Waals surface area contributed by atoms with Gasteiger partial charge in [0.2, 0.25) is 5.75 Å². The fourth-order valence-electron chi connectivity index (χ4n) is 1.36. The van der Waals surface area contributed by atoms with Gasteiger partial charge in [-0.2, -0.15) is 0 Å². The Balaban J connectivity index is 0.000000317. The van der Waals surface area contributed by atoms with Crippen molar-refractivity contribution >= 4 is 16.9 Å². The van der Waals surface area contributed by atoms with Gasteiger partial charge in [0.05, 0.1) is 7.11 Å². The van der Waals surface area contributed by atoms with E-state index in [1.165, 1.54) is 7.11 Å². The molecule has 0 aliphatic carbocycles. The van der Waals surface area contributed by atoms with Crippen molar-refractivity contribution in [2.75, 3.05) is 7.11 Å². The Bertz CT molecular complexity index is 523. The SMILES string of the molecule is CC(=O)O.COc1ccc2cc(C)oc2c1O. The summed E-state index contributed by atoms with van der Waals surface area (Å²) in [5.41, 5.74) is 0.483. The molecule has 2 N–H and O–H groups in total. The van der Waals surface area contributed by atoms with Crippen LogP contribution in [0.15, 0.2) is 22.6 Å². The molecule has 17 heavy (non-hydrogen) atoms. The zero-order valence-corrected chi connectivity index (χ0v) is 9.85. The second-order valence-electron chi connectivity index (χ2n) is 3.41. The van der Waals surface area contributed by atoms with Gasteiger partial charge >= 0.3 is 0 Å². The number of ether oxygens (including phenoxy) is 1. The zero-order valence-electron chi connectivity index (χ0n) is 9.85. The molecule has 92 valence electrons. The molecule has 0 aliphatic heterocycles. The van der Waals surface area contributed by atoms with Gasteiger partial charge in [0.25, 0.3) is 5.97 Å². The number of carboxylic acids is 1. The number of carbonyl (C=O) groups is 1. The second-order valence-corrected chi connectivity index (χ2v) is 3.41. The number of aryl methyl sites for hydroxylation is 1. The summed E-state index contributed by atoms with van der Waals surface area (Å²) in [4.78, 5) is 9.00. The van der Waals surface area contributed by atoms with Crippen LogP contribution < -0.4 is 4.74 Å². The van der Waals surface area contributed by atoms with Crippen molar-refractivity contribution < 1.29 is 24.2 Å². The Morgan fingerprint density at radius 3 is 2.53 bits per heavy atom. The number of methoxy groups -OCH3 is 1. The van der Waals surface area contributed by atoms with Crippen molar-refractivity contribution in [3.63, 3.8) is 0 Å². The number of phenolic OH excluding ortho intramolecular Hbond substituents is 1. The number of furan rings is 1. The summed E-state index contributed by atoms with van der Waals surface area (Å²) in [6.07, 6.45) is 0. The molecule has 2 aromatic rings. The van der Waals surface area contributed by atoms with Crippen LogP contribution in [0.4, 0.5) is 0 Å². The molecule has 0 atom stereocenters. The van der Waals surface area contributed by atoms with E-state index in [0.717, 1.165) is 18.1 Å². The quantitative estimate of drug-likeness (QED) is 0.798. The maximum absolute atomic E-state index is 9.64. The largest absolute Gasteiger partial charge is 0.502 e. The summed E-state index contributed by atoms with van der Waals surface area (Å²) in [7, 11) is 1.51. The molecule has 0 spiro atoms. The summed E-state index contributed by atoms with van der Waals surface area (Å²) in [6, 6.07) is 5.44. The molecule has 5 heteroatoms. The molecule has 0 aliphatic rings. The van der Waals surface area contributed by atoms with Crippen LogP contribution in [0.25, 0.3) is 11.0 Å². The molecule has 1 aromatic heterocycles. The van der Waals surface area contributed by atoms with E-state index in [4.69, 9.17) is 19.1 Å². The maximum Gasteiger partial charge on any atom is 0.300 e. The highest BCUT2D eigenvalue weighted by molar-refractivity contribution is 5.86. The molecule has 5 nitrogen and oxygen atoms in total. The van der Waals surface area contributed by atoms with Gasteiger partial charge in [-0.1, -0.05) is 0 Å². The minimum Gasteiger partial charge on any atom is -0.502 e. The van der Waals surface area contributed by atoms with E-state index < -0.39 is 5.97 Å². The van der Waals surface area contributed by atoms with Gasteiger partial charge < -0.3 is 19.4 Å². The highest BCUT2D eigenvalue weighted by Gasteiger charge is 2.10. The van der Waals surface area contributed by atoms with Crippen LogP contribution in [0.3, 0.4) is 0 Å².